The predicted octanol–water partition coefficient (Wildman–Crippen LogP) is 1.65. The van der Waals surface area contributed by atoms with Gasteiger partial charge in [0.1, 0.15) is 6.61 Å². The highest BCUT2D eigenvalue weighted by atomic mass is 32.1. The third-order valence-corrected chi connectivity index (χ3v) is 2.99. The van der Waals surface area contributed by atoms with Gasteiger partial charge in [-0.3, -0.25) is 4.79 Å². The van der Waals surface area contributed by atoms with Crippen molar-refractivity contribution in [1.29, 1.82) is 0 Å². The minimum Gasteiger partial charge on any atom is -0.461 e. The topological polar surface area (TPSA) is 52.3 Å². The molecule has 2 unspecified atom stereocenters. The van der Waals surface area contributed by atoms with E-state index < -0.39 is 0 Å². The zero-order valence-corrected chi connectivity index (χ0v) is 9.57. The van der Waals surface area contributed by atoms with Gasteiger partial charge < -0.3 is 10.5 Å². The Balaban J connectivity index is 1.80. The van der Waals surface area contributed by atoms with Gasteiger partial charge in [0.05, 0.1) is 10.9 Å². The number of hydrogen-bond acceptors (Lipinski definition) is 3. The van der Waals surface area contributed by atoms with Gasteiger partial charge in [-0.1, -0.05) is 42.5 Å². The number of rotatable bonds is 4. The van der Waals surface area contributed by atoms with Crippen molar-refractivity contribution in [1.82, 2.24) is 0 Å². The van der Waals surface area contributed by atoms with Crippen LogP contribution in [-0.4, -0.2) is 11.0 Å². The second-order valence-electron chi connectivity index (χ2n) is 3.94. The molecule has 3 nitrogen and oxygen atoms in total. The monoisotopic (exact) mass is 235 g/mol. The Morgan fingerprint density at radius 2 is 2.06 bits per heavy atom. The van der Waals surface area contributed by atoms with Crippen LogP contribution in [0, 0.1) is 11.8 Å². The molecule has 1 aromatic rings. The Labute approximate surface area is 99.6 Å². The third-order valence-electron chi connectivity index (χ3n) is 2.68. The van der Waals surface area contributed by atoms with Crippen molar-refractivity contribution in [2.24, 2.45) is 17.6 Å². The maximum atomic E-state index is 11.6. The number of nitrogens with two attached hydrogens (primary N) is 1. The fourth-order valence-electron chi connectivity index (χ4n) is 1.61. The molecule has 0 aliphatic heterocycles. The zero-order valence-electron chi connectivity index (χ0n) is 8.76. The molecule has 4 heteroatoms. The van der Waals surface area contributed by atoms with Gasteiger partial charge in [0, 0.05) is 5.92 Å². The highest BCUT2D eigenvalue weighted by Gasteiger charge is 2.46. The summed E-state index contributed by atoms with van der Waals surface area (Å²) < 4.78 is 5.18. The van der Waals surface area contributed by atoms with Gasteiger partial charge in [-0.2, -0.15) is 0 Å². The third kappa shape index (κ3) is 2.58. The Hall–Kier alpha value is -1.42. The fourth-order valence-corrected chi connectivity index (χ4v) is 1.87. The SMILES string of the molecule is NC(=S)C1CC1C(=O)OCc1ccccc1. The van der Waals surface area contributed by atoms with E-state index in [1.165, 1.54) is 0 Å². The number of thiocarbonyl (C=S) groups is 1. The molecule has 1 fully saturated rings. The lowest BCUT2D eigenvalue weighted by Crippen LogP contribution is -2.16. The van der Waals surface area contributed by atoms with Gasteiger partial charge in [-0.05, 0) is 12.0 Å². The summed E-state index contributed by atoms with van der Waals surface area (Å²) in [4.78, 5) is 12.0. The minimum absolute atomic E-state index is 0.0540. The highest BCUT2D eigenvalue weighted by Crippen LogP contribution is 2.39. The maximum Gasteiger partial charge on any atom is 0.310 e. The molecule has 1 aliphatic carbocycles. The lowest BCUT2D eigenvalue weighted by Gasteiger charge is -2.04. The van der Waals surface area contributed by atoms with Crippen LogP contribution in [0.1, 0.15) is 12.0 Å². The van der Waals surface area contributed by atoms with E-state index >= 15 is 0 Å². The van der Waals surface area contributed by atoms with Gasteiger partial charge in [0.2, 0.25) is 0 Å². The van der Waals surface area contributed by atoms with Crippen molar-refractivity contribution in [2.75, 3.05) is 0 Å². The summed E-state index contributed by atoms with van der Waals surface area (Å²) in [5, 5.41) is 0. The number of benzene rings is 1. The number of carbonyl (C=O) groups is 1. The van der Waals surface area contributed by atoms with E-state index in [1.54, 1.807) is 0 Å². The van der Waals surface area contributed by atoms with E-state index in [2.05, 4.69) is 0 Å². The standard InChI is InChI=1S/C12H13NO2S/c13-11(16)9-6-10(9)12(14)15-7-8-4-2-1-3-5-8/h1-5,9-10H,6-7H2,(H2,13,16). The van der Waals surface area contributed by atoms with Gasteiger partial charge in [0.15, 0.2) is 0 Å². The molecule has 2 atom stereocenters. The second-order valence-corrected chi connectivity index (χ2v) is 4.42. The normalized spacial score (nSPS) is 22.5. The van der Waals surface area contributed by atoms with E-state index in [9.17, 15) is 4.79 Å². The Morgan fingerprint density at radius 1 is 1.38 bits per heavy atom. The molecule has 16 heavy (non-hydrogen) atoms. The number of carbonyl (C=O) groups excluding carboxylic acids is 1. The maximum absolute atomic E-state index is 11.6. The molecule has 1 saturated carbocycles. The molecule has 0 saturated heterocycles. The van der Waals surface area contributed by atoms with Gasteiger partial charge in [-0.15, -0.1) is 0 Å². The Bertz CT molecular complexity index is 405. The first-order valence-corrected chi connectivity index (χ1v) is 5.59. The van der Waals surface area contributed by atoms with E-state index in [4.69, 9.17) is 22.7 Å². The van der Waals surface area contributed by atoms with Crippen molar-refractivity contribution < 1.29 is 9.53 Å². The van der Waals surface area contributed by atoms with Gasteiger partial charge >= 0.3 is 5.97 Å². The van der Waals surface area contributed by atoms with Crippen LogP contribution in [0.3, 0.4) is 0 Å². The highest BCUT2D eigenvalue weighted by molar-refractivity contribution is 7.80. The van der Waals surface area contributed by atoms with Crippen LogP contribution in [-0.2, 0) is 16.1 Å². The first-order valence-electron chi connectivity index (χ1n) is 5.18. The molecule has 84 valence electrons. The average Bonchev–Trinajstić information content (AvgIpc) is 3.07. The molecule has 0 aromatic heterocycles. The summed E-state index contributed by atoms with van der Waals surface area (Å²) in [6, 6.07) is 9.60. The number of ether oxygens (including phenoxy) is 1. The zero-order chi connectivity index (χ0) is 11.5. The quantitative estimate of drug-likeness (QED) is 0.637. The Kier molecular flexibility index (Phi) is 3.19. The molecule has 1 aliphatic rings. The molecule has 0 amide bonds. The molecule has 0 heterocycles. The summed E-state index contributed by atoms with van der Waals surface area (Å²) in [5.74, 6) is -0.249. The summed E-state index contributed by atoms with van der Waals surface area (Å²) in [6.07, 6.45) is 0.739. The second kappa shape index (κ2) is 4.61. The van der Waals surface area contributed by atoms with E-state index in [0.717, 1.165) is 12.0 Å². The molecule has 0 spiro atoms. The molecule has 1 aromatic carbocycles. The summed E-state index contributed by atoms with van der Waals surface area (Å²) in [5.41, 5.74) is 6.45. The molecular formula is C12H13NO2S. The van der Waals surface area contributed by atoms with E-state index in [0.29, 0.717) is 11.6 Å². The van der Waals surface area contributed by atoms with Crippen molar-refractivity contribution >= 4 is 23.2 Å². The Morgan fingerprint density at radius 3 is 2.62 bits per heavy atom. The largest absolute Gasteiger partial charge is 0.461 e. The lowest BCUT2D eigenvalue weighted by atomic mass is 10.2. The van der Waals surface area contributed by atoms with Crippen molar-refractivity contribution in [3.05, 3.63) is 35.9 Å². The van der Waals surface area contributed by atoms with Crippen LogP contribution in [0.15, 0.2) is 30.3 Å². The summed E-state index contributed by atoms with van der Waals surface area (Å²) in [7, 11) is 0. The first kappa shape index (κ1) is 11.1. The first-order chi connectivity index (χ1) is 7.68. The van der Waals surface area contributed by atoms with E-state index in [1.807, 2.05) is 30.3 Å². The molecular weight excluding hydrogens is 222 g/mol. The van der Waals surface area contributed by atoms with Crippen LogP contribution >= 0.6 is 12.2 Å². The van der Waals surface area contributed by atoms with Crippen molar-refractivity contribution in [3.8, 4) is 0 Å². The van der Waals surface area contributed by atoms with Crippen LogP contribution in [0.2, 0.25) is 0 Å². The molecule has 0 radical (unpaired) electrons. The van der Waals surface area contributed by atoms with Gasteiger partial charge in [0.25, 0.3) is 0 Å². The summed E-state index contributed by atoms with van der Waals surface area (Å²) >= 11 is 4.83. The molecule has 2 rings (SSSR count). The fraction of sp³-hybridized carbons (Fsp3) is 0.333. The van der Waals surface area contributed by atoms with Crippen LogP contribution < -0.4 is 5.73 Å². The smallest absolute Gasteiger partial charge is 0.310 e. The van der Waals surface area contributed by atoms with E-state index in [-0.39, 0.29) is 17.8 Å². The number of hydrogen-bond donors (Lipinski definition) is 1. The number of esters is 1. The van der Waals surface area contributed by atoms with Crippen LogP contribution in [0.4, 0.5) is 0 Å². The molecule has 2 N–H and O–H groups in total. The van der Waals surface area contributed by atoms with Crippen LogP contribution in [0.5, 0.6) is 0 Å². The van der Waals surface area contributed by atoms with Gasteiger partial charge in [-0.25, -0.2) is 0 Å². The van der Waals surface area contributed by atoms with Crippen molar-refractivity contribution in [2.45, 2.75) is 13.0 Å². The molecule has 0 bridgehead atoms. The van der Waals surface area contributed by atoms with Crippen LogP contribution in [0.25, 0.3) is 0 Å². The summed E-state index contributed by atoms with van der Waals surface area (Å²) in [6.45, 7) is 0.320. The predicted molar refractivity (Wildman–Crippen MR) is 64.6 cm³/mol. The average molecular weight is 235 g/mol. The lowest BCUT2D eigenvalue weighted by molar-refractivity contribution is -0.146. The van der Waals surface area contributed by atoms with Crippen molar-refractivity contribution in [3.63, 3.8) is 0 Å². The minimum atomic E-state index is -0.193.